The Morgan fingerprint density at radius 3 is 1.05 bits per heavy atom. The van der Waals surface area contributed by atoms with Crippen molar-refractivity contribution in [3.8, 4) is 0 Å². The van der Waals surface area contributed by atoms with E-state index in [0.717, 1.165) is 48.2 Å². The molecule has 0 aromatic heterocycles. The summed E-state index contributed by atoms with van der Waals surface area (Å²) in [5.41, 5.74) is 0. The van der Waals surface area contributed by atoms with E-state index >= 15 is 0 Å². The van der Waals surface area contributed by atoms with Gasteiger partial charge in [0.25, 0.3) is 0 Å². The molecule has 0 atom stereocenters. The van der Waals surface area contributed by atoms with E-state index < -0.39 is 0 Å². The van der Waals surface area contributed by atoms with E-state index in [-0.39, 0.29) is 13.2 Å². The zero-order valence-electron chi connectivity index (χ0n) is 14.3. The van der Waals surface area contributed by atoms with Crippen molar-refractivity contribution in [3.05, 3.63) is 0 Å². The summed E-state index contributed by atoms with van der Waals surface area (Å²) in [6.07, 6.45) is 2.43. The monoisotopic (exact) mass is 290 g/mol. The summed E-state index contributed by atoms with van der Waals surface area (Å²) in [6, 6.07) is 0. The van der Waals surface area contributed by atoms with E-state index in [1.165, 1.54) is 25.9 Å². The standard InChI is InChI=1S/C16H38N2O2/c1-5-17(6-2,13-15-19)11-9-10-12-18(7-3,8-4)14-16-20/h19-20H,5-16H2,1-4H3/q+2. The Morgan fingerprint density at radius 1 is 0.550 bits per heavy atom. The normalized spacial score (nSPS) is 12.9. The lowest BCUT2D eigenvalue weighted by Crippen LogP contribution is -2.52. The van der Waals surface area contributed by atoms with E-state index in [1.54, 1.807) is 0 Å². The number of unbranched alkanes of at least 4 members (excludes halogenated alkanes) is 1. The summed E-state index contributed by atoms with van der Waals surface area (Å²) in [6.45, 7) is 18.0. The van der Waals surface area contributed by atoms with Gasteiger partial charge in [0.15, 0.2) is 0 Å². The summed E-state index contributed by atoms with van der Waals surface area (Å²) >= 11 is 0. The molecule has 4 nitrogen and oxygen atoms in total. The van der Waals surface area contributed by atoms with Gasteiger partial charge in [-0.2, -0.15) is 0 Å². The maximum Gasteiger partial charge on any atom is 0.102 e. The van der Waals surface area contributed by atoms with Crippen molar-refractivity contribution in [2.75, 3.05) is 65.6 Å². The molecule has 122 valence electrons. The summed E-state index contributed by atoms with van der Waals surface area (Å²) in [4.78, 5) is 0. The second-order valence-corrected chi connectivity index (χ2v) is 6.00. The summed E-state index contributed by atoms with van der Waals surface area (Å²) in [7, 11) is 0. The fourth-order valence-electron chi connectivity index (χ4n) is 3.25. The number of aliphatic hydroxyl groups is 2. The third-order valence-corrected chi connectivity index (χ3v) is 5.35. The minimum absolute atomic E-state index is 0.288. The quantitative estimate of drug-likeness (QED) is 0.398. The molecular weight excluding hydrogens is 252 g/mol. The molecule has 2 N–H and O–H groups in total. The molecule has 4 heteroatoms. The van der Waals surface area contributed by atoms with Crippen molar-refractivity contribution in [3.63, 3.8) is 0 Å². The molecule has 0 saturated carbocycles. The number of quaternary nitrogens is 2. The van der Waals surface area contributed by atoms with Crippen LogP contribution >= 0.6 is 0 Å². The van der Waals surface area contributed by atoms with Gasteiger partial charge in [-0.05, 0) is 27.7 Å². The average Bonchev–Trinajstić information content (AvgIpc) is 2.49. The van der Waals surface area contributed by atoms with Crippen LogP contribution in [0, 0.1) is 0 Å². The van der Waals surface area contributed by atoms with Crippen molar-refractivity contribution in [2.45, 2.75) is 40.5 Å². The number of aliphatic hydroxyl groups excluding tert-OH is 2. The zero-order valence-corrected chi connectivity index (χ0v) is 14.3. The highest BCUT2D eigenvalue weighted by molar-refractivity contribution is 4.47. The summed E-state index contributed by atoms with van der Waals surface area (Å²) < 4.78 is 2.07. The Labute approximate surface area is 126 Å². The smallest absolute Gasteiger partial charge is 0.102 e. The largest absolute Gasteiger partial charge is 0.391 e. The van der Waals surface area contributed by atoms with Crippen LogP contribution in [-0.4, -0.2) is 84.8 Å². The van der Waals surface area contributed by atoms with Gasteiger partial charge in [0.2, 0.25) is 0 Å². The molecule has 0 saturated heterocycles. The molecule has 0 unspecified atom stereocenters. The van der Waals surface area contributed by atoms with Crippen LogP contribution in [0.1, 0.15) is 40.5 Å². The second kappa shape index (κ2) is 10.6. The molecular formula is C16H38N2O2+2. The second-order valence-electron chi connectivity index (χ2n) is 6.00. The lowest BCUT2D eigenvalue weighted by molar-refractivity contribution is -0.931. The fraction of sp³-hybridized carbons (Fsp3) is 1.00. The number of nitrogens with zero attached hydrogens (tertiary/aromatic N) is 2. The van der Waals surface area contributed by atoms with E-state index in [9.17, 15) is 10.2 Å². The van der Waals surface area contributed by atoms with Crippen LogP contribution in [0.5, 0.6) is 0 Å². The number of hydrogen-bond acceptors (Lipinski definition) is 2. The molecule has 0 fully saturated rings. The molecule has 0 aromatic rings. The molecule has 0 spiro atoms. The van der Waals surface area contributed by atoms with Crippen LogP contribution < -0.4 is 0 Å². The Bertz CT molecular complexity index is 203. The molecule has 0 amide bonds. The molecule has 0 rings (SSSR count). The van der Waals surface area contributed by atoms with Crippen molar-refractivity contribution >= 4 is 0 Å². The lowest BCUT2D eigenvalue weighted by atomic mass is 10.2. The molecule has 0 heterocycles. The zero-order chi connectivity index (χ0) is 15.5. The average molecular weight is 290 g/mol. The fourth-order valence-corrected chi connectivity index (χ4v) is 3.25. The Morgan fingerprint density at radius 2 is 0.850 bits per heavy atom. The van der Waals surface area contributed by atoms with Gasteiger partial charge in [0.05, 0.1) is 52.5 Å². The van der Waals surface area contributed by atoms with E-state index in [0.29, 0.717) is 0 Å². The SMILES string of the molecule is CC[N+](CC)(CCO)CCCC[N+](CC)(CC)CCO. The first kappa shape index (κ1) is 19.8. The highest BCUT2D eigenvalue weighted by Crippen LogP contribution is 2.12. The van der Waals surface area contributed by atoms with E-state index in [4.69, 9.17) is 0 Å². The van der Waals surface area contributed by atoms with Gasteiger partial charge >= 0.3 is 0 Å². The molecule has 0 aromatic carbocycles. The van der Waals surface area contributed by atoms with Crippen LogP contribution in [0.25, 0.3) is 0 Å². The number of rotatable bonds is 13. The predicted molar refractivity (Wildman–Crippen MR) is 85.6 cm³/mol. The minimum atomic E-state index is 0.288. The van der Waals surface area contributed by atoms with E-state index in [1.807, 2.05) is 0 Å². The number of likely N-dealkylation sites (N-methyl/N-ethyl adjacent to an activating group) is 2. The minimum Gasteiger partial charge on any atom is -0.391 e. The van der Waals surface area contributed by atoms with Crippen LogP contribution in [0.2, 0.25) is 0 Å². The van der Waals surface area contributed by atoms with Crippen molar-refractivity contribution < 1.29 is 19.2 Å². The summed E-state index contributed by atoms with van der Waals surface area (Å²) in [5, 5.41) is 18.5. The molecule has 0 aliphatic carbocycles. The van der Waals surface area contributed by atoms with Gasteiger partial charge in [-0.3, -0.25) is 0 Å². The van der Waals surface area contributed by atoms with Crippen LogP contribution in [-0.2, 0) is 0 Å². The maximum atomic E-state index is 9.25. The molecule has 0 bridgehead atoms. The molecule has 0 radical (unpaired) electrons. The van der Waals surface area contributed by atoms with Crippen LogP contribution in [0.15, 0.2) is 0 Å². The van der Waals surface area contributed by atoms with Crippen LogP contribution in [0.4, 0.5) is 0 Å². The Kier molecular flexibility index (Phi) is 10.5. The van der Waals surface area contributed by atoms with Gasteiger partial charge in [0, 0.05) is 12.8 Å². The van der Waals surface area contributed by atoms with E-state index in [2.05, 4.69) is 27.7 Å². The first-order chi connectivity index (χ1) is 9.57. The van der Waals surface area contributed by atoms with Crippen molar-refractivity contribution in [2.24, 2.45) is 0 Å². The first-order valence-electron chi connectivity index (χ1n) is 8.49. The molecule has 0 aliphatic heterocycles. The Hall–Kier alpha value is -0.160. The maximum absolute atomic E-state index is 9.25. The van der Waals surface area contributed by atoms with Gasteiger partial charge in [-0.1, -0.05) is 0 Å². The highest BCUT2D eigenvalue weighted by atomic mass is 16.3. The van der Waals surface area contributed by atoms with Crippen molar-refractivity contribution in [1.82, 2.24) is 0 Å². The predicted octanol–water partition coefficient (Wildman–Crippen LogP) is 1.46. The van der Waals surface area contributed by atoms with Crippen molar-refractivity contribution in [1.29, 1.82) is 0 Å². The Balaban J connectivity index is 4.27. The summed E-state index contributed by atoms with van der Waals surface area (Å²) in [5.74, 6) is 0. The molecule has 20 heavy (non-hydrogen) atoms. The molecule has 0 aliphatic rings. The van der Waals surface area contributed by atoms with Gasteiger partial charge in [-0.15, -0.1) is 0 Å². The van der Waals surface area contributed by atoms with Crippen LogP contribution in [0.3, 0.4) is 0 Å². The highest BCUT2D eigenvalue weighted by Gasteiger charge is 2.25. The van der Waals surface area contributed by atoms with Gasteiger partial charge in [-0.25, -0.2) is 0 Å². The first-order valence-corrected chi connectivity index (χ1v) is 8.49. The number of hydrogen-bond donors (Lipinski definition) is 2. The van der Waals surface area contributed by atoms with Gasteiger partial charge in [0.1, 0.15) is 13.1 Å². The third kappa shape index (κ3) is 6.08. The van der Waals surface area contributed by atoms with Gasteiger partial charge < -0.3 is 19.2 Å². The third-order valence-electron chi connectivity index (χ3n) is 5.35. The lowest BCUT2D eigenvalue weighted by Gasteiger charge is -2.38. The topological polar surface area (TPSA) is 40.5 Å².